The molecule has 0 unspecified atom stereocenters. The second kappa shape index (κ2) is 5.18. The van der Waals surface area contributed by atoms with Gasteiger partial charge in [-0.1, -0.05) is 0 Å². The number of aryl methyl sites for hydroxylation is 3. The third-order valence-corrected chi connectivity index (χ3v) is 4.99. The molecule has 1 aliphatic rings. The summed E-state index contributed by atoms with van der Waals surface area (Å²) < 4.78 is 0. The molecule has 2 aromatic heterocycles. The van der Waals surface area contributed by atoms with E-state index in [2.05, 4.69) is 27.4 Å². The lowest BCUT2D eigenvalue weighted by molar-refractivity contribution is -0.122. The van der Waals surface area contributed by atoms with Crippen LogP contribution in [-0.2, 0) is 4.79 Å². The number of fused-ring (bicyclic) bond motifs is 1. The summed E-state index contributed by atoms with van der Waals surface area (Å²) in [7, 11) is 0. The molecule has 0 atom stereocenters. The van der Waals surface area contributed by atoms with Crippen LogP contribution < -0.4 is 5.43 Å². The molecule has 21 heavy (non-hydrogen) atoms. The maximum absolute atomic E-state index is 11.7. The Morgan fingerprint density at radius 1 is 1.29 bits per heavy atom. The number of nitrogens with zero attached hydrogens (tertiary/aromatic N) is 3. The summed E-state index contributed by atoms with van der Waals surface area (Å²) in [5.41, 5.74) is 5.61. The quantitative estimate of drug-likeness (QED) is 0.700. The summed E-state index contributed by atoms with van der Waals surface area (Å²) in [6.45, 7) is 7.88. The molecule has 0 spiro atoms. The van der Waals surface area contributed by atoms with Gasteiger partial charge in [-0.3, -0.25) is 4.79 Å². The number of amides is 1. The average Bonchev–Trinajstić information content (AvgIpc) is 3.20. The zero-order valence-corrected chi connectivity index (χ0v) is 13.5. The highest BCUT2D eigenvalue weighted by Gasteiger charge is 2.29. The van der Waals surface area contributed by atoms with Crippen molar-refractivity contribution in [1.29, 1.82) is 0 Å². The number of hydrazone groups is 1. The molecular formula is C15H18N4OS. The minimum atomic E-state index is 0.0277. The van der Waals surface area contributed by atoms with Gasteiger partial charge in [-0.15, -0.1) is 11.3 Å². The summed E-state index contributed by atoms with van der Waals surface area (Å²) in [5, 5.41) is 5.34. The van der Waals surface area contributed by atoms with Crippen molar-refractivity contribution in [3.05, 3.63) is 22.0 Å². The van der Waals surface area contributed by atoms with Gasteiger partial charge in [-0.05, 0) is 46.1 Å². The smallest absolute Gasteiger partial charge is 0.243 e. The van der Waals surface area contributed by atoms with E-state index in [1.54, 1.807) is 11.3 Å². The molecule has 1 fully saturated rings. The Balaban J connectivity index is 1.95. The summed E-state index contributed by atoms with van der Waals surface area (Å²) >= 11 is 1.60. The van der Waals surface area contributed by atoms with Crippen LogP contribution in [0.3, 0.4) is 0 Å². The first-order valence-corrected chi connectivity index (χ1v) is 7.88. The summed E-state index contributed by atoms with van der Waals surface area (Å²) in [6, 6.07) is 0. The Morgan fingerprint density at radius 2 is 2.00 bits per heavy atom. The van der Waals surface area contributed by atoms with Crippen molar-refractivity contribution in [2.24, 2.45) is 11.0 Å². The predicted octanol–water partition coefficient (Wildman–Crippen LogP) is 2.87. The normalized spacial score (nSPS) is 15.5. The van der Waals surface area contributed by atoms with Crippen molar-refractivity contribution in [2.75, 3.05) is 0 Å². The van der Waals surface area contributed by atoms with Crippen LogP contribution in [0, 0.1) is 26.7 Å². The Labute approximate surface area is 127 Å². The topological polar surface area (TPSA) is 67.2 Å². The van der Waals surface area contributed by atoms with Gasteiger partial charge in [0.1, 0.15) is 10.7 Å². The van der Waals surface area contributed by atoms with E-state index in [4.69, 9.17) is 0 Å². The molecule has 6 heteroatoms. The fourth-order valence-electron chi connectivity index (χ4n) is 2.45. The first-order chi connectivity index (χ1) is 9.97. The number of thiophene rings is 1. The van der Waals surface area contributed by atoms with Crippen LogP contribution in [0.25, 0.3) is 10.2 Å². The molecule has 0 saturated heterocycles. The van der Waals surface area contributed by atoms with Gasteiger partial charge >= 0.3 is 0 Å². The third kappa shape index (κ3) is 2.68. The van der Waals surface area contributed by atoms with Crippen molar-refractivity contribution < 1.29 is 4.79 Å². The molecular weight excluding hydrogens is 284 g/mol. The Bertz CT molecular complexity index is 759. The minimum absolute atomic E-state index is 0.0277. The number of carbonyl (C=O) groups excluding carboxylic acids is 1. The highest BCUT2D eigenvalue weighted by molar-refractivity contribution is 7.20. The molecule has 3 rings (SSSR count). The Hall–Kier alpha value is -1.82. The monoisotopic (exact) mass is 302 g/mol. The van der Waals surface area contributed by atoms with Crippen molar-refractivity contribution in [1.82, 2.24) is 15.4 Å². The SMILES string of the molecule is CC(=NNC(=O)C1CC1)c1sc2nc(C)nc(C)c2c1C. The molecule has 2 heterocycles. The molecule has 0 bridgehead atoms. The number of hydrogen-bond donors (Lipinski definition) is 1. The van der Waals surface area contributed by atoms with Gasteiger partial charge in [-0.25, -0.2) is 15.4 Å². The Kier molecular flexibility index (Phi) is 3.49. The molecule has 2 aromatic rings. The van der Waals surface area contributed by atoms with Gasteiger partial charge in [-0.2, -0.15) is 5.10 Å². The van der Waals surface area contributed by atoms with Crippen LogP contribution in [-0.4, -0.2) is 21.6 Å². The van der Waals surface area contributed by atoms with Gasteiger partial charge < -0.3 is 0 Å². The van der Waals surface area contributed by atoms with Gasteiger partial charge in [0.2, 0.25) is 5.91 Å². The van der Waals surface area contributed by atoms with E-state index in [1.807, 2.05) is 20.8 Å². The molecule has 1 N–H and O–H groups in total. The van der Waals surface area contributed by atoms with Crippen molar-refractivity contribution in [3.8, 4) is 0 Å². The van der Waals surface area contributed by atoms with Crippen LogP contribution in [0.1, 0.15) is 41.7 Å². The summed E-state index contributed by atoms with van der Waals surface area (Å²) in [6.07, 6.45) is 1.97. The van der Waals surface area contributed by atoms with Gasteiger partial charge in [0.25, 0.3) is 0 Å². The fraction of sp³-hybridized carbons (Fsp3) is 0.467. The summed E-state index contributed by atoms with van der Waals surface area (Å²) in [4.78, 5) is 22.6. The highest BCUT2D eigenvalue weighted by atomic mass is 32.1. The second-order valence-corrected chi connectivity index (χ2v) is 6.54. The van der Waals surface area contributed by atoms with E-state index in [0.29, 0.717) is 0 Å². The maximum Gasteiger partial charge on any atom is 0.243 e. The van der Waals surface area contributed by atoms with Gasteiger partial charge in [0.15, 0.2) is 0 Å². The largest absolute Gasteiger partial charge is 0.273 e. The lowest BCUT2D eigenvalue weighted by Crippen LogP contribution is -2.20. The van der Waals surface area contributed by atoms with E-state index in [0.717, 1.165) is 50.7 Å². The van der Waals surface area contributed by atoms with Crippen LogP contribution in [0.2, 0.25) is 0 Å². The first kappa shape index (κ1) is 14.1. The zero-order valence-electron chi connectivity index (χ0n) is 12.6. The number of aromatic nitrogens is 2. The van der Waals surface area contributed by atoms with Crippen molar-refractivity contribution in [3.63, 3.8) is 0 Å². The highest BCUT2D eigenvalue weighted by Crippen LogP contribution is 2.32. The van der Waals surface area contributed by atoms with E-state index in [1.165, 1.54) is 0 Å². The third-order valence-electron chi connectivity index (χ3n) is 3.69. The molecule has 0 aromatic carbocycles. The van der Waals surface area contributed by atoms with E-state index in [-0.39, 0.29) is 11.8 Å². The first-order valence-electron chi connectivity index (χ1n) is 7.06. The molecule has 0 radical (unpaired) electrons. The number of hydrogen-bond acceptors (Lipinski definition) is 5. The fourth-order valence-corrected chi connectivity index (χ4v) is 3.67. The van der Waals surface area contributed by atoms with E-state index < -0.39 is 0 Å². The van der Waals surface area contributed by atoms with E-state index >= 15 is 0 Å². The zero-order chi connectivity index (χ0) is 15.1. The lowest BCUT2D eigenvalue weighted by Gasteiger charge is -2.01. The van der Waals surface area contributed by atoms with Crippen LogP contribution in [0.15, 0.2) is 5.10 Å². The molecule has 5 nitrogen and oxygen atoms in total. The molecule has 1 saturated carbocycles. The van der Waals surface area contributed by atoms with Crippen molar-refractivity contribution in [2.45, 2.75) is 40.5 Å². The van der Waals surface area contributed by atoms with Crippen LogP contribution in [0.5, 0.6) is 0 Å². The maximum atomic E-state index is 11.7. The Morgan fingerprint density at radius 3 is 2.67 bits per heavy atom. The summed E-state index contributed by atoms with van der Waals surface area (Å²) in [5.74, 6) is 0.977. The molecule has 1 aliphatic carbocycles. The van der Waals surface area contributed by atoms with Crippen LogP contribution >= 0.6 is 11.3 Å². The van der Waals surface area contributed by atoms with Gasteiger partial charge in [0.05, 0.1) is 10.6 Å². The number of nitrogens with one attached hydrogen (secondary N) is 1. The van der Waals surface area contributed by atoms with Crippen LogP contribution in [0.4, 0.5) is 0 Å². The predicted molar refractivity (Wildman–Crippen MR) is 84.7 cm³/mol. The van der Waals surface area contributed by atoms with E-state index in [9.17, 15) is 4.79 Å². The molecule has 0 aliphatic heterocycles. The average molecular weight is 302 g/mol. The second-order valence-electron chi connectivity index (χ2n) is 5.54. The molecule has 110 valence electrons. The standard InChI is InChI=1S/C15H18N4OS/c1-7-12-8(2)16-10(4)17-15(12)21-13(7)9(3)18-19-14(20)11-5-6-11/h11H,5-6H2,1-4H3,(H,19,20). The number of carbonyl (C=O) groups is 1. The molecule has 1 amide bonds. The minimum Gasteiger partial charge on any atom is -0.273 e. The van der Waals surface area contributed by atoms with Crippen molar-refractivity contribution >= 4 is 33.2 Å². The lowest BCUT2D eigenvalue weighted by atomic mass is 10.1. The number of rotatable bonds is 3. The van der Waals surface area contributed by atoms with Gasteiger partial charge in [0, 0.05) is 17.0 Å².